The van der Waals surface area contributed by atoms with E-state index in [9.17, 15) is 4.79 Å². The standard InChI is InChI=1S/C9H15N3O2/c1-12(2)8(7(10)9(13)14)6-3-4-11-5-6/h3-5,7-8,11H,10H2,1-2H3,(H,13,14). The number of likely N-dealkylation sites (N-methyl/N-ethyl adjacent to an activating group) is 1. The van der Waals surface area contributed by atoms with Crippen LogP contribution in [0.25, 0.3) is 0 Å². The monoisotopic (exact) mass is 197 g/mol. The van der Waals surface area contributed by atoms with Crippen LogP contribution in [0.5, 0.6) is 0 Å². The first-order valence-electron chi connectivity index (χ1n) is 4.31. The van der Waals surface area contributed by atoms with Gasteiger partial charge in [-0.3, -0.25) is 4.79 Å². The van der Waals surface area contributed by atoms with Crippen molar-refractivity contribution in [3.8, 4) is 0 Å². The number of aromatic nitrogens is 1. The van der Waals surface area contributed by atoms with Crippen LogP contribution in [-0.4, -0.2) is 41.1 Å². The number of rotatable bonds is 4. The summed E-state index contributed by atoms with van der Waals surface area (Å²) in [6.07, 6.45) is 3.51. The highest BCUT2D eigenvalue weighted by Gasteiger charge is 2.27. The predicted molar refractivity (Wildman–Crippen MR) is 52.8 cm³/mol. The highest BCUT2D eigenvalue weighted by Crippen LogP contribution is 2.20. The molecule has 0 aliphatic carbocycles. The van der Waals surface area contributed by atoms with Crippen molar-refractivity contribution in [1.29, 1.82) is 0 Å². The van der Waals surface area contributed by atoms with Crippen LogP contribution in [0.3, 0.4) is 0 Å². The second-order valence-corrected chi connectivity index (χ2v) is 3.42. The molecular formula is C9H15N3O2. The molecule has 0 radical (unpaired) electrons. The molecule has 1 aromatic rings. The van der Waals surface area contributed by atoms with Crippen molar-refractivity contribution in [2.24, 2.45) is 5.73 Å². The number of H-pyrrole nitrogens is 1. The quantitative estimate of drug-likeness (QED) is 0.636. The highest BCUT2D eigenvalue weighted by molar-refractivity contribution is 5.74. The van der Waals surface area contributed by atoms with Crippen LogP contribution in [-0.2, 0) is 4.79 Å². The van der Waals surface area contributed by atoms with E-state index in [2.05, 4.69) is 4.98 Å². The molecule has 1 rings (SSSR count). The van der Waals surface area contributed by atoms with Crippen LogP contribution >= 0.6 is 0 Å². The molecule has 0 aliphatic rings. The zero-order chi connectivity index (χ0) is 10.7. The van der Waals surface area contributed by atoms with E-state index in [0.717, 1.165) is 5.56 Å². The van der Waals surface area contributed by atoms with E-state index < -0.39 is 12.0 Å². The number of aliphatic carboxylic acids is 1. The molecule has 0 fully saturated rings. The number of nitrogens with one attached hydrogen (secondary N) is 1. The Hall–Kier alpha value is -1.33. The van der Waals surface area contributed by atoms with Gasteiger partial charge in [-0.25, -0.2) is 0 Å². The van der Waals surface area contributed by atoms with Crippen molar-refractivity contribution in [2.75, 3.05) is 14.1 Å². The smallest absolute Gasteiger partial charge is 0.322 e. The van der Waals surface area contributed by atoms with Gasteiger partial charge in [0.25, 0.3) is 0 Å². The van der Waals surface area contributed by atoms with E-state index in [-0.39, 0.29) is 6.04 Å². The summed E-state index contributed by atoms with van der Waals surface area (Å²) in [5.41, 5.74) is 6.48. The highest BCUT2D eigenvalue weighted by atomic mass is 16.4. The van der Waals surface area contributed by atoms with Crippen molar-refractivity contribution >= 4 is 5.97 Å². The predicted octanol–water partition coefficient (Wildman–Crippen LogP) is 0.0293. The molecular weight excluding hydrogens is 182 g/mol. The maximum absolute atomic E-state index is 10.8. The molecule has 5 heteroatoms. The number of carboxylic acid groups (broad SMARTS) is 1. The summed E-state index contributed by atoms with van der Waals surface area (Å²) in [4.78, 5) is 15.5. The molecule has 0 saturated heterocycles. The molecule has 0 aliphatic heterocycles. The molecule has 2 unspecified atom stereocenters. The minimum atomic E-state index is -0.995. The molecule has 4 N–H and O–H groups in total. The van der Waals surface area contributed by atoms with Gasteiger partial charge in [-0.2, -0.15) is 0 Å². The minimum absolute atomic E-state index is 0.307. The number of nitrogens with two attached hydrogens (primary N) is 1. The van der Waals surface area contributed by atoms with E-state index in [0.29, 0.717) is 0 Å². The fraction of sp³-hybridized carbons (Fsp3) is 0.444. The Bertz CT molecular complexity index is 295. The molecule has 0 spiro atoms. The van der Waals surface area contributed by atoms with Crippen LogP contribution in [0.2, 0.25) is 0 Å². The van der Waals surface area contributed by atoms with Crippen LogP contribution in [0, 0.1) is 0 Å². The number of hydrogen-bond acceptors (Lipinski definition) is 3. The fourth-order valence-corrected chi connectivity index (χ4v) is 1.48. The topological polar surface area (TPSA) is 82.3 Å². The van der Waals surface area contributed by atoms with Crippen molar-refractivity contribution in [3.05, 3.63) is 24.0 Å². The van der Waals surface area contributed by atoms with Crippen molar-refractivity contribution in [2.45, 2.75) is 12.1 Å². The van der Waals surface area contributed by atoms with E-state index in [4.69, 9.17) is 10.8 Å². The molecule has 0 bridgehead atoms. The molecule has 0 saturated carbocycles. The molecule has 0 amide bonds. The SMILES string of the molecule is CN(C)C(c1cc[nH]c1)C(N)C(=O)O. The van der Waals surface area contributed by atoms with Crippen LogP contribution in [0.4, 0.5) is 0 Å². The summed E-state index contributed by atoms with van der Waals surface area (Å²) in [7, 11) is 3.61. The third kappa shape index (κ3) is 2.12. The lowest BCUT2D eigenvalue weighted by atomic mass is 10.0. The Balaban J connectivity index is 2.91. The summed E-state index contributed by atoms with van der Waals surface area (Å²) in [5, 5.41) is 8.84. The first-order chi connectivity index (χ1) is 6.54. The number of carbonyl (C=O) groups is 1. The average Bonchev–Trinajstić information content (AvgIpc) is 2.56. The van der Waals surface area contributed by atoms with Gasteiger partial charge >= 0.3 is 5.97 Å². The number of aromatic amines is 1. The third-order valence-corrected chi connectivity index (χ3v) is 2.15. The summed E-state index contributed by atoms with van der Waals surface area (Å²) < 4.78 is 0. The van der Waals surface area contributed by atoms with Crippen molar-refractivity contribution in [1.82, 2.24) is 9.88 Å². The summed E-state index contributed by atoms with van der Waals surface area (Å²) in [6.45, 7) is 0. The van der Waals surface area contributed by atoms with E-state index in [1.807, 2.05) is 6.07 Å². The molecule has 0 aromatic carbocycles. The van der Waals surface area contributed by atoms with Gasteiger partial charge in [0, 0.05) is 12.4 Å². The Morgan fingerprint density at radius 1 is 1.64 bits per heavy atom. The largest absolute Gasteiger partial charge is 0.480 e. The first-order valence-corrected chi connectivity index (χ1v) is 4.31. The molecule has 1 aromatic heterocycles. The minimum Gasteiger partial charge on any atom is -0.480 e. The third-order valence-electron chi connectivity index (χ3n) is 2.15. The molecule has 2 atom stereocenters. The van der Waals surface area contributed by atoms with Gasteiger partial charge in [0.05, 0.1) is 6.04 Å². The van der Waals surface area contributed by atoms with Gasteiger partial charge in [0.2, 0.25) is 0 Å². The average molecular weight is 197 g/mol. The van der Waals surface area contributed by atoms with Gasteiger partial charge in [-0.05, 0) is 25.7 Å². The zero-order valence-corrected chi connectivity index (χ0v) is 8.27. The lowest BCUT2D eigenvalue weighted by Crippen LogP contribution is -2.42. The summed E-state index contributed by atoms with van der Waals surface area (Å²) >= 11 is 0. The first kappa shape index (κ1) is 10.7. The van der Waals surface area contributed by atoms with Gasteiger partial charge in [0.1, 0.15) is 6.04 Å². The Morgan fingerprint density at radius 2 is 2.29 bits per heavy atom. The van der Waals surface area contributed by atoms with Crippen LogP contribution in [0.15, 0.2) is 18.5 Å². The fourth-order valence-electron chi connectivity index (χ4n) is 1.48. The second-order valence-electron chi connectivity index (χ2n) is 3.42. The number of nitrogens with zero attached hydrogens (tertiary/aromatic N) is 1. The van der Waals surface area contributed by atoms with E-state index in [1.54, 1.807) is 31.4 Å². The van der Waals surface area contributed by atoms with Crippen LogP contribution < -0.4 is 5.73 Å². The molecule has 5 nitrogen and oxygen atoms in total. The lowest BCUT2D eigenvalue weighted by Gasteiger charge is -2.26. The van der Waals surface area contributed by atoms with Gasteiger partial charge in [-0.1, -0.05) is 0 Å². The maximum Gasteiger partial charge on any atom is 0.322 e. The Labute approximate surface area is 82.5 Å². The normalized spacial score (nSPS) is 15.4. The molecule has 1 heterocycles. The van der Waals surface area contributed by atoms with Crippen LogP contribution in [0.1, 0.15) is 11.6 Å². The Kier molecular flexibility index (Phi) is 3.27. The maximum atomic E-state index is 10.8. The molecule has 14 heavy (non-hydrogen) atoms. The van der Waals surface area contributed by atoms with Crippen molar-refractivity contribution in [3.63, 3.8) is 0 Å². The lowest BCUT2D eigenvalue weighted by molar-refractivity contribution is -0.140. The number of carboxylic acids is 1. The summed E-state index contributed by atoms with van der Waals surface area (Å²) in [6, 6.07) is 0.604. The zero-order valence-electron chi connectivity index (χ0n) is 8.27. The van der Waals surface area contributed by atoms with Gasteiger partial charge < -0.3 is 20.7 Å². The molecule has 78 valence electrons. The summed E-state index contributed by atoms with van der Waals surface area (Å²) in [5.74, 6) is -0.995. The Morgan fingerprint density at radius 3 is 2.64 bits per heavy atom. The van der Waals surface area contributed by atoms with E-state index in [1.165, 1.54) is 0 Å². The van der Waals surface area contributed by atoms with Gasteiger partial charge in [-0.15, -0.1) is 0 Å². The van der Waals surface area contributed by atoms with E-state index >= 15 is 0 Å². The number of hydrogen-bond donors (Lipinski definition) is 3. The van der Waals surface area contributed by atoms with Gasteiger partial charge in [0.15, 0.2) is 0 Å². The van der Waals surface area contributed by atoms with Crippen molar-refractivity contribution < 1.29 is 9.90 Å². The second kappa shape index (κ2) is 4.26.